The minimum absolute atomic E-state index is 0.117. The first-order valence-electron chi connectivity index (χ1n) is 4.37. The van der Waals surface area contributed by atoms with E-state index < -0.39 is 0 Å². The van der Waals surface area contributed by atoms with Gasteiger partial charge in [-0.2, -0.15) is 0 Å². The summed E-state index contributed by atoms with van der Waals surface area (Å²) in [5.41, 5.74) is 2.77. The Morgan fingerprint density at radius 3 is 2.86 bits per heavy atom. The van der Waals surface area contributed by atoms with Crippen molar-refractivity contribution in [2.24, 2.45) is 0 Å². The molecule has 0 aromatic carbocycles. The summed E-state index contributed by atoms with van der Waals surface area (Å²) in [5.74, 6) is -0.117. The van der Waals surface area contributed by atoms with Gasteiger partial charge < -0.3 is 0 Å². The van der Waals surface area contributed by atoms with Gasteiger partial charge in [-0.1, -0.05) is 24.3 Å². The molecular formula is C11H11NO2. The maximum Gasteiger partial charge on any atom is 0.277 e. The highest BCUT2D eigenvalue weighted by atomic mass is 16.7. The van der Waals surface area contributed by atoms with E-state index in [9.17, 15) is 4.79 Å². The van der Waals surface area contributed by atoms with Crippen LogP contribution in [0.5, 0.6) is 0 Å². The van der Waals surface area contributed by atoms with Crippen molar-refractivity contribution in [1.82, 2.24) is 5.06 Å². The maximum absolute atomic E-state index is 11.7. The second kappa shape index (κ2) is 3.27. The number of rotatable bonds is 2. The number of hydrogen-bond donors (Lipinski definition) is 0. The van der Waals surface area contributed by atoms with Crippen molar-refractivity contribution in [3.05, 3.63) is 47.1 Å². The molecule has 0 aromatic heterocycles. The lowest BCUT2D eigenvalue weighted by Crippen LogP contribution is -2.26. The Labute approximate surface area is 82.6 Å². The highest BCUT2D eigenvalue weighted by molar-refractivity contribution is 5.99. The van der Waals surface area contributed by atoms with Crippen LogP contribution < -0.4 is 0 Å². The van der Waals surface area contributed by atoms with Gasteiger partial charge in [0.2, 0.25) is 0 Å². The fraction of sp³-hybridized carbons (Fsp3) is 0.182. The molecular weight excluding hydrogens is 178 g/mol. The zero-order valence-electron chi connectivity index (χ0n) is 8.15. The van der Waals surface area contributed by atoms with Crippen LogP contribution >= 0.6 is 0 Å². The van der Waals surface area contributed by atoms with E-state index in [0.29, 0.717) is 5.57 Å². The molecule has 1 amide bonds. The zero-order valence-corrected chi connectivity index (χ0v) is 8.15. The van der Waals surface area contributed by atoms with Gasteiger partial charge in [0.15, 0.2) is 0 Å². The van der Waals surface area contributed by atoms with Gasteiger partial charge in [-0.25, -0.2) is 5.06 Å². The predicted molar refractivity (Wildman–Crippen MR) is 53.2 cm³/mol. The molecule has 3 nitrogen and oxygen atoms in total. The zero-order chi connectivity index (χ0) is 10.1. The molecule has 2 rings (SSSR count). The molecule has 3 heteroatoms. The summed E-state index contributed by atoms with van der Waals surface area (Å²) >= 11 is 0. The molecule has 0 spiro atoms. The number of fused-ring (bicyclic) bond motifs is 1. The quantitative estimate of drug-likeness (QED) is 0.614. The summed E-state index contributed by atoms with van der Waals surface area (Å²) in [6.07, 6.45) is 9.62. The molecule has 0 N–H and O–H groups in total. The molecule has 0 bridgehead atoms. The van der Waals surface area contributed by atoms with Crippen LogP contribution in [0.25, 0.3) is 0 Å². The fourth-order valence-electron chi connectivity index (χ4n) is 1.53. The van der Waals surface area contributed by atoms with E-state index in [0.717, 1.165) is 11.1 Å². The summed E-state index contributed by atoms with van der Waals surface area (Å²) < 4.78 is 0. The van der Waals surface area contributed by atoms with E-state index in [1.807, 2.05) is 30.4 Å². The SMILES string of the molecule is CON(C)C(=O)C1=C2C=CC=C2C=C1. The van der Waals surface area contributed by atoms with Crippen molar-refractivity contribution >= 4 is 5.91 Å². The van der Waals surface area contributed by atoms with Crippen LogP contribution in [-0.4, -0.2) is 25.1 Å². The average Bonchev–Trinajstić information content (AvgIpc) is 2.76. The summed E-state index contributed by atoms with van der Waals surface area (Å²) in [7, 11) is 3.08. The minimum Gasteiger partial charge on any atom is -0.274 e. The van der Waals surface area contributed by atoms with Crippen LogP contribution in [0.3, 0.4) is 0 Å². The first kappa shape index (κ1) is 8.97. The Balaban J connectivity index is 2.32. The summed E-state index contributed by atoms with van der Waals surface area (Å²) in [5, 5.41) is 1.22. The molecule has 0 unspecified atom stereocenters. The van der Waals surface area contributed by atoms with Crippen molar-refractivity contribution in [3.8, 4) is 0 Å². The number of carbonyl (C=O) groups is 1. The number of amides is 1. The van der Waals surface area contributed by atoms with Crippen LogP contribution in [0.2, 0.25) is 0 Å². The summed E-state index contributed by atoms with van der Waals surface area (Å²) in [6.45, 7) is 0. The van der Waals surface area contributed by atoms with Crippen molar-refractivity contribution in [3.63, 3.8) is 0 Å². The van der Waals surface area contributed by atoms with E-state index >= 15 is 0 Å². The van der Waals surface area contributed by atoms with Crippen LogP contribution in [0, 0.1) is 0 Å². The summed E-state index contributed by atoms with van der Waals surface area (Å²) in [4.78, 5) is 16.6. The van der Waals surface area contributed by atoms with E-state index in [1.165, 1.54) is 12.2 Å². The summed E-state index contributed by atoms with van der Waals surface area (Å²) in [6, 6.07) is 0. The number of carbonyl (C=O) groups excluding carboxylic acids is 1. The Bertz CT molecular complexity index is 400. The van der Waals surface area contributed by atoms with E-state index in [-0.39, 0.29) is 5.91 Å². The molecule has 0 aliphatic heterocycles. The Morgan fingerprint density at radius 2 is 2.14 bits per heavy atom. The topological polar surface area (TPSA) is 29.5 Å². The fourth-order valence-corrected chi connectivity index (χ4v) is 1.53. The van der Waals surface area contributed by atoms with Crippen molar-refractivity contribution in [2.45, 2.75) is 0 Å². The molecule has 0 atom stereocenters. The third-order valence-electron chi connectivity index (χ3n) is 2.36. The van der Waals surface area contributed by atoms with Crippen LogP contribution in [0.4, 0.5) is 0 Å². The van der Waals surface area contributed by atoms with Crippen LogP contribution in [0.15, 0.2) is 47.1 Å². The number of nitrogens with zero attached hydrogens (tertiary/aromatic N) is 1. The van der Waals surface area contributed by atoms with Crippen LogP contribution in [-0.2, 0) is 9.63 Å². The van der Waals surface area contributed by atoms with Gasteiger partial charge in [-0.15, -0.1) is 0 Å². The van der Waals surface area contributed by atoms with Gasteiger partial charge in [0.25, 0.3) is 5.91 Å². The molecule has 0 fully saturated rings. The lowest BCUT2D eigenvalue weighted by atomic mass is 10.1. The first-order valence-corrected chi connectivity index (χ1v) is 4.37. The lowest BCUT2D eigenvalue weighted by molar-refractivity contribution is -0.163. The van der Waals surface area contributed by atoms with E-state index in [2.05, 4.69) is 0 Å². The molecule has 0 saturated heterocycles. The molecule has 14 heavy (non-hydrogen) atoms. The molecule has 2 aliphatic carbocycles. The lowest BCUT2D eigenvalue weighted by Gasteiger charge is -2.13. The molecule has 0 aromatic rings. The number of hydroxylamine groups is 2. The van der Waals surface area contributed by atoms with E-state index in [4.69, 9.17) is 4.84 Å². The number of allylic oxidation sites excluding steroid dienone is 6. The van der Waals surface area contributed by atoms with Crippen molar-refractivity contribution in [1.29, 1.82) is 0 Å². The van der Waals surface area contributed by atoms with E-state index in [1.54, 1.807) is 7.05 Å². The second-order valence-corrected chi connectivity index (χ2v) is 3.13. The molecule has 2 aliphatic rings. The first-order chi connectivity index (χ1) is 6.74. The molecule has 72 valence electrons. The Hall–Kier alpha value is -1.61. The van der Waals surface area contributed by atoms with Gasteiger partial charge in [0.05, 0.1) is 7.11 Å². The normalized spacial score (nSPS) is 17.4. The third-order valence-corrected chi connectivity index (χ3v) is 2.36. The minimum atomic E-state index is -0.117. The highest BCUT2D eigenvalue weighted by Crippen LogP contribution is 2.30. The van der Waals surface area contributed by atoms with Crippen molar-refractivity contribution < 1.29 is 9.63 Å². The monoisotopic (exact) mass is 189 g/mol. The standard InChI is InChI=1S/C11H11NO2/c1-12(14-2)11(13)10-7-6-8-4-3-5-9(8)10/h3-7H,1-2H3. The van der Waals surface area contributed by atoms with Gasteiger partial charge in [0, 0.05) is 12.6 Å². The highest BCUT2D eigenvalue weighted by Gasteiger charge is 2.22. The smallest absolute Gasteiger partial charge is 0.274 e. The molecule has 0 heterocycles. The Kier molecular flexibility index (Phi) is 2.09. The second-order valence-electron chi connectivity index (χ2n) is 3.13. The molecule has 0 radical (unpaired) electrons. The van der Waals surface area contributed by atoms with Gasteiger partial charge in [-0.3, -0.25) is 9.63 Å². The van der Waals surface area contributed by atoms with Crippen molar-refractivity contribution in [2.75, 3.05) is 14.2 Å². The predicted octanol–water partition coefficient (Wildman–Crippen LogP) is 1.37. The van der Waals surface area contributed by atoms with Crippen LogP contribution in [0.1, 0.15) is 0 Å². The Morgan fingerprint density at radius 1 is 1.36 bits per heavy atom. The number of hydrogen-bond acceptors (Lipinski definition) is 2. The molecule has 0 saturated carbocycles. The third kappa shape index (κ3) is 1.22. The van der Waals surface area contributed by atoms with Gasteiger partial charge in [-0.05, 0) is 17.2 Å². The largest absolute Gasteiger partial charge is 0.277 e. The van der Waals surface area contributed by atoms with Gasteiger partial charge >= 0.3 is 0 Å². The average molecular weight is 189 g/mol. The maximum atomic E-state index is 11.7. The number of likely N-dealkylation sites (N-methyl/N-ethyl adjacent to an activating group) is 1. The van der Waals surface area contributed by atoms with Gasteiger partial charge in [0.1, 0.15) is 0 Å².